The quantitative estimate of drug-likeness (QED) is 0.302. The Morgan fingerprint density at radius 3 is 1.52 bits per heavy atom. The zero-order chi connectivity index (χ0) is 21.3. The minimum Gasteiger partial charge on any atom is -0.247 e. The fraction of sp³-hybridized carbons (Fsp3) is 0.304. The molecule has 0 heterocycles. The van der Waals surface area contributed by atoms with Crippen LogP contribution in [-0.2, 0) is 19.0 Å². The van der Waals surface area contributed by atoms with Gasteiger partial charge >= 0.3 is 6.18 Å². The zero-order valence-electron chi connectivity index (χ0n) is 15.7. The van der Waals surface area contributed by atoms with Crippen LogP contribution in [0.2, 0.25) is 0 Å². The monoisotopic (exact) mass is 412 g/mol. The summed E-state index contributed by atoms with van der Waals surface area (Å²) in [5.41, 5.74) is 0.453. The van der Waals surface area contributed by atoms with Crippen molar-refractivity contribution in [3.63, 3.8) is 0 Å². The van der Waals surface area contributed by atoms with E-state index >= 15 is 0 Å². The van der Waals surface area contributed by atoms with Crippen LogP contribution in [0.4, 0.5) is 26.3 Å². The first-order valence-corrected chi connectivity index (χ1v) is 9.24. The van der Waals surface area contributed by atoms with Gasteiger partial charge in [-0.2, -0.15) is 13.2 Å². The molecular weight excluding hydrogens is 390 g/mol. The van der Waals surface area contributed by atoms with Crippen LogP contribution in [0.25, 0.3) is 0 Å². The predicted octanol–water partition coefficient (Wildman–Crippen LogP) is 7.20. The van der Waals surface area contributed by atoms with Crippen molar-refractivity contribution in [2.45, 2.75) is 44.2 Å². The van der Waals surface area contributed by atoms with Crippen molar-refractivity contribution in [2.75, 3.05) is 0 Å². The van der Waals surface area contributed by atoms with Gasteiger partial charge in [0.2, 0.25) is 0 Å². The van der Waals surface area contributed by atoms with Crippen LogP contribution < -0.4 is 0 Å². The van der Waals surface area contributed by atoms with Gasteiger partial charge in [-0.1, -0.05) is 48.6 Å². The Morgan fingerprint density at radius 2 is 1.10 bits per heavy atom. The van der Waals surface area contributed by atoms with E-state index in [0.717, 1.165) is 12.1 Å². The summed E-state index contributed by atoms with van der Waals surface area (Å²) in [6, 6.07) is 10.1. The number of alkyl halides is 5. The van der Waals surface area contributed by atoms with Crippen molar-refractivity contribution in [1.82, 2.24) is 0 Å². The highest BCUT2D eigenvalue weighted by Gasteiger charge is 2.29. The Hall–Kier alpha value is -2.50. The number of benzene rings is 2. The molecule has 156 valence electrons. The molecule has 0 N–H and O–H groups in total. The summed E-state index contributed by atoms with van der Waals surface area (Å²) in [4.78, 5) is 0. The Kier molecular flexibility index (Phi) is 8.55. The summed E-state index contributed by atoms with van der Waals surface area (Å²) in [7, 11) is 0. The third-order valence-electron chi connectivity index (χ3n) is 4.28. The maximum absolute atomic E-state index is 13.9. The lowest BCUT2D eigenvalue weighted by atomic mass is 10.0. The topological polar surface area (TPSA) is 0 Å². The smallest absolute Gasteiger partial charge is 0.247 e. The lowest BCUT2D eigenvalue weighted by molar-refractivity contribution is -0.137. The molecule has 0 nitrogen and oxygen atoms in total. The summed E-state index contributed by atoms with van der Waals surface area (Å²) in [5.74, 6) is -0.362. The molecule has 0 saturated carbocycles. The highest BCUT2D eigenvalue weighted by Crippen LogP contribution is 2.29. The Balaban J connectivity index is 1.68. The third kappa shape index (κ3) is 8.59. The average molecular weight is 412 g/mol. The fourth-order valence-corrected chi connectivity index (χ4v) is 2.74. The van der Waals surface area contributed by atoms with Crippen LogP contribution in [0.3, 0.4) is 0 Å². The molecule has 2 atom stereocenters. The van der Waals surface area contributed by atoms with Gasteiger partial charge in [0.1, 0.15) is 18.2 Å². The van der Waals surface area contributed by atoms with Gasteiger partial charge in [0.25, 0.3) is 0 Å². The second-order valence-corrected chi connectivity index (χ2v) is 6.75. The van der Waals surface area contributed by atoms with Crippen molar-refractivity contribution in [3.05, 3.63) is 95.3 Å². The first kappa shape index (κ1) is 22.8. The van der Waals surface area contributed by atoms with Crippen LogP contribution in [0.15, 0.2) is 72.8 Å². The van der Waals surface area contributed by atoms with Gasteiger partial charge in [-0.25, -0.2) is 13.2 Å². The van der Waals surface area contributed by atoms with Crippen molar-refractivity contribution in [3.8, 4) is 0 Å². The fourth-order valence-electron chi connectivity index (χ4n) is 2.74. The van der Waals surface area contributed by atoms with E-state index in [2.05, 4.69) is 0 Å². The minimum atomic E-state index is -4.40. The number of hydrogen-bond acceptors (Lipinski definition) is 0. The molecule has 0 bridgehead atoms. The van der Waals surface area contributed by atoms with Crippen LogP contribution in [-0.4, -0.2) is 12.3 Å². The van der Waals surface area contributed by atoms with E-state index in [1.165, 1.54) is 24.3 Å². The standard InChI is InChI=1S/C23H22F6/c24-20-13-9-18(10-14-20)16-22(26)6-4-2-1-3-5-21(25)15-17-7-11-19(12-8-17)23(27,28)29/h1-4,7-14,21-22H,5-6,15-16H2. The summed E-state index contributed by atoms with van der Waals surface area (Å²) in [5, 5.41) is 0. The van der Waals surface area contributed by atoms with Gasteiger partial charge in [0.05, 0.1) is 5.56 Å². The van der Waals surface area contributed by atoms with Crippen molar-refractivity contribution in [1.29, 1.82) is 0 Å². The van der Waals surface area contributed by atoms with E-state index in [4.69, 9.17) is 0 Å². The Labute approximate surface area is 166 Å². The number of hydrogen-bond donors (Lipinski definition) is 0. The summed E-state index contributed by atoms with van der Waals surface area (Å²) < 4.78 is 78.1. The molecule has 0 aliphatic carbocycles. The maximum Gasteiger partial charge on any atom is 0.416 e. The SMILES string of the molecule is Fc1ccc(CC(F)CC=CC=CCC(F)Cc2ccc(C(F)(F)F)cc2)cc1. The van der Waals surface area contributed by atoms with Crippen LogP contribution in [0, 0.1) is 5.82 Å². The molecule has 2 aromatic rings. The van der Waals surface area contributed by atoms with Gasteiger partial charge in [-0.15, -0.1) is 0 Å². The molecule has 6 heteroatoms. The van der Waals surface area contributed by atoms with Crippen molar-refractivity contribution >= 4 is 0 Å². The third-order valence-corrected chi connectivity index (χ3v) is 4.28. The first-order chi connectivity index (χ1) is 13.7. The van der Waals surface area contributed by atoms with Crippen LogP contribution in [0.1, 0.15) is 29.5 Å². The van der Waals surface area contributed by atoms with Crippen molar-refractivity contribution in [2.24, 2.45) is 0 Å². The van der Waals surface area contributed by atoms with E-state index in [1.54, 1.807) is 36.4 Å². The first-order valence-electron chi connectivity index (χ1n) is 9.24. The van der Waals surface area contributed by atoms with Crippen LogP contribution in [0.5, 0.6) is 0 Å². The second kappa shape index (κ2) is 10.9. The van der Waals surface area contributed by atoms with Crippen LogP contribution >= 0.6 is 0 Å². The summed E-state index contributed by atoms with van der Waals surface area (Å²) >= 11 is 0. The Bertz CT molecular complexity index is 788. The molecule has 0 aromatic heterocycles. The largest absolute Gasteiger partial charge is 0.416 e. The van der Waals surface area contributed by atoms with Gasteiger partial charge in [0, 0.05) is 12.8 Å². The molecule has 2 aromatic carbocycles. The maximum atomic E-state index is 13.9. The zero-order valence-corrected chi connectivity index (χ0v) is 15.7. The molecule has 0 amide bonds. The Morgan fingerprint density at radius 1 is 0.690 bits per heavy atom. The molecule has 0 fully saturated rings. The van der Waals surface area contributed by atoms with Crippen molar-refractivity contribution < 1.29 is 26.3 Å². The minimum absolute atomic E-state index is 0.0242. The molecule has 0 aliphatic heterocycles. The van der Waals surface area contributed by atoms with Gasteiger partial charge in [-0.3, -0.25) is 0 Å². The lowest BCUT2D eigenvalue weighted by Gasteiger charge is -2.09. The van der Waals surface area contributed by atoms with E-state index in [0.29, 0.717) is 11.1 Å². The molecule has 0 aliphatic rings. The molecule has 2 rings (SSSR count). The molecule has 29 heavy (non-hydrogen) atoms. The van der Waals surface area contributed by atoms with Gasteiger partial charge in [-0.05, 0) is 48.2 Å². The normalized spacial score (nSPS) is 14.6. The van der Waals surface area contributed by atoms with Gasteiger partial charge < -0.3 is 0 Å². The van der Waals surface area contributed by atoms with E-state index in [1.807, 2.05) is 0 Å². The van der Waals surface area contributed by atoms with E-state index in [-0.39, 0.29) is 31.5 Å². The van der Waals surface area contributed by atoms with E-state index in [9.17, 15) is 26.3 Å². The lowest BCUT2D eigenvalue weighted by Crippen LogP contribution is -2.06. The number of halogens is 6. The second-order valence-electron chi connectivity index (χ2n) is 6.75. The molecule has 0 saturated heterocycles. The molecule has 0 radical (unpaired) electrons. The highest BCUT2D eigenvalue weighted by molar-refractivity contribution is 5.25. The molecular formula is C23H22F6. The molecule has 0 spiro atoms. The van der Waals surface area contributed by atoms with E-state index < -0.39 is 24.1 Å². The number of rotatable bonds is 9. The van der Waals surface area contributed by atoms with Gasteiger partial charge in [0.15, 0.2) is 0 Å². The summed E-state index contributed by atoms with van der Waals surface area (Å²) in [6.45, 7) is 0. The average Bonchev–Trinajstić information content (AvgIpc) is 2.66. The highest BCUT2D eigenvalue weighted by atomic mass is 19.4. The molecule has 2 unspecified atom stereocenters. The number of allylic oxidation sites excluding steroid dienone is 4. The summed E-state index contributed by atoms with van der Waals surface area (Å²) in [6.07, 6.45) is 0.262. The predicted molar refractivity (Wildman–Crippen MR) is 103 cm³/mol.